The largest absolute Gasteiger partial charge is 0.492 e. The second-order valence-electron chi connectivity index (χ2n) is 11.4. The molecule has 40 heavy (non-hydrogen) atoms. The van der Waals surface area contributed by atoms with Crippen LogP contribution in [0.4, 0.5) is 11.4 Å². The Morgan fingerprint density at radius 3 is 2.73 bits per heavy atom. The van der Waals surface area contributed by atoms with Crippen molar-refractivity contribution in [2.45, 2.75) is 46.7 Å². The first kappa shape index (κ1) is 27.5. The molecule has 1 aliphatic rings. The molecule has 4 aromatic rings. The Morgan fingerprint density at radius 1 is 1.18 bits per heavy atom. The molecule has 0 bridgehead atoms. The molecule has 1 unspecified atom stereocenters. The van der Waals surface area contributed by atoms with E-state index in [2.05, 4.69) is 58.5 Å². The topological polar surface area (TPSA) is 101 Å². The summed E-state index contributed by atoms with van der Waals surface area (Å²) in [4.78, 5) is 19.5. The summed E-state index contributed by atoms with van der Waals surface area (Å²) in [6.07, 6.45) is 1.82. The second kappa shape index (κ2) is 10.8. The lowest BCUT2D eigenvalue weighted by molar-refractivity contribution is -0.147. The van der Waals surface area contributed by atoms with Crippen molar-refractivity contribution in [2.24, 2.45) is 5.41 Å². The summed E-state index contributed by atoms with van der Waals surface area (Å²) in [7, 11) is 1.83. The van der Waals surface area contributed by atoms with Crippen molar-refractivity contribution in [3.05, 3.63) is 94.2 Å². The van der Waals surface area contributed by atoms with E-state index in [9.17, 15) is 9.90 Å². The average molecular weight is 539 g/mol. The van der Waals surface area contributed by atoms with Crippen LogP contribution in [0.2, 0.25) is 0 Å². The zero-order valence-electron chi connectivity index (χ0n) is 23.9. The van der Waals surface area contributed by atoms with Gasteiger partial charge in [0.2, 0.25) is 0 Å². The van der Waals surface area contributed by atoms with Crippen LogP contribution >= 0.6 is 0 Å². The van der Waals surface area contributed by atoms with E-state index in [1.165, 1.54) is 11.1 Å². The van der Waals surface area contributed by atoms with Crippen LogP contribution in [0.3, 0.4) is 0 Å². The van der Waals surface area contributed by atoms with Gasteiger partial charge in [-0.25, -0.2) is 0 Å². The maximum atomic E-state index is 12.6. The van der Waals surface area contributed by atoms with Crippen molar-refractivity contribution in [2.75, 3.05) is 31.2 Å². The van der Waals surface area contributed by atoms with Crippen molar-refractivity contribution in [3.63, 3.8) is 0 Å². The summed E-state index contributed by atoms with van der Waals surface area (Å²) in [5.41, 5.74) is 14.1. The molecule has 0 spiro atoms. The van der Waals surface area contributed by atoms with Crippen LogP contribution in [-0.2, 0) is 17.9 Å². The Morgan fingerprint density at radius 2 is 1.98 bits per heavy atom. The number of nitrogens with one attached hydrogen (secondary N) is 1. The first-order chi connectivity index (χ1) is 19.1. The number of aliphatic carboxylic acids is 1. The summed E-state index contributed by atoms with van der Waals surface area (Å²) in [6, 6.07) is 18.5. The summed E-state index contributed by atoms with van der Waals surface area (Å²) < 4.78 is 6.14. The highest BCUT2D eigenvalue weighted by Gasteiger charge is 2.40. The Kier molecular flexibility index (Phi) is 7.43. The van der Waals surface area contributed by atoms with E-state index in [1.54, 1.807) is 13.8 Å². The van der Waals surface area contributed by atoms with Crippen LogP contribution in [0.1, 0.15) is 53.1 Å². The van der Waals surface area contributed by atoms with Gasteiger partial charge in [0.15, 0.2) is 0 Å². The second-order valence-corrected chi connectivity index (χ2v) is 11.4. The van der Waals surface area contributed by atoms with Gasteiger partial charge in [-0.1, -0.05) is 30.3 Å². The number of benzene rings is 3. The summed E-state index contributed by atoms with van der Waals surface area (Å²) in [5.74, 6) is -0.324. The Balaban J connectivity index is 1.51. The minimum atomic E-state index is -1.06. The van der Waals surface area contributed by atoms with Crippen LogP contribution in [0.5, 0.6) is 5.75 Å². The van der Waals surface area contributed by atoms with Gasteiger partial charge in [0.05, 0.1) is 22.3 Å². The molecule has 2 heterocycles. The molecule has 0 saturated carbocycles. The quantitative estimate of drug-likeness (QED) is 0.244. The Labute approximate surface area is 236 Å². The SMILES string of the molecule is CNc1ccc(C(c2ccc(C)c(CN3CCOc4cc5cccnc5cc4C3)c2)C(C)(C)C(=O)O)c(C)c1N. The van der Waals surface area contributed by atoms with Gasteiger partial charge in [0, 0.05) is 49.7 Å². The van der Waals surface area contributed by atoms with Gasteiger partial charge in [0.25, 0.3) is 0 Å². The molecule has 1 atom stereocenters. The molecule has 208 valence electrons. The number of hydrogen-bond acceptors (Lipinski definition) is 6. The van der Waals surface area contributed by atoms with E-state index >= 15 is 0 Å². The van der Waals surface area contributed by atoms with E-state index in [0.29, 0.717) is 12.3 Å². The number of nitrogens with zero attached hydrogens (tertiary/aromatic N) is 2. The minimum absolute atomic E-state index is 0.386. The fourth-order valence-electron chi connectivity index (χ4n) is 5.81. The monoisotopic (exact) mass is 538 g/mol. The molecule has 0 fully saturated rings. The molecular weight excluding hydrogens is 500 g/mol. The molecule has 0 amide bonds. The number of nitrogen functional groups attached to an aromatic ring is 1. The molecule has 7 nitrogen and oxygen atoms in total. The van der Waals surface area contributed by atoms with Crippen LogP contribution in [0.25, 0.3) is 10.9 Å². The summed E-state index contributed by atoms with van der Waals surface area (Å²) >= 11 is 0. The van der Waals surface area contributed by atoms with Gasteiger partial charge in [-0.2, -0.15) is 0 Å². The number of aromatic nitrogens is 1. The van der Waals surface area contributed by atoms with E-state index < -0.39 is 11.4 Å². The number of pyridine rings is 1. The molecule has 3 aromatic carbocycles. The lowest BCUT2D eigenvalue weighted by Gasteiger charge is -2.34. The number of ether oxygens (including phenoxy) is 1. The highest BCUT2D eigenvalue weighted by Crippen LogP contribution is 2.45. The van der Waals surface area contributed by atoms with E-state index in [1.807, 2.05) is 38.4 Å². The standard InChI is InChI=1S/C33H38N4O3/c1-20-8-9-23(30(33(3,4)32(38)39)26-10-11-27(35-5)31(34)21(26)2)15-24(20)18-37-13-14-40-29-17-22-7-6-12-36-28(22)16-25(29)19-37/h6-12,15-17,30,35H,13-14,18-19,34H2,1-5H3,(H,38,39). The number of hydrogen-bond donors (Lipinski definition) is 3. The van der Waals surface area contributed by atoms with Crippen LogP contribution in [0.15, 0.2) is 60.8 Å². The van der Waals surface area contributed by atoms with Crippen molar-refractivity contribution in [1.29, 1.82) is 0 Å². The van der Waals surface area contributed by atoms with E-state index in [0.717, 1.165) is 64.2 Å². The molecular formula is C33H38N4O3. The van der Waals surface area contributed by atoms with Crippen molar-refractivity contribution >= 4 is 28.2 Å². The van der Waals surface area contributed by atoms with Crippen LogP contribution in [0, 0.1) is 19.3 Å². The van der Waals surface area contributed by atoms with E-state index in [4.69, 9.17) is 10.5 Å². The number of rotatable bonds is 7. The number of aryl methyl sites for hydroxylation is 1. The van der Waals surface area contributed by atoms with Gasteiger partial charge in [-0.05, 0) is 79.8 Å². The molecule has 1 aliphatic heterocycles. The molecule has 0 aliphatic carbocycles. The molecule has 0 radical (unpaired) electrons. The number of carbonyl (C=O) groups is 1. The average Bonchev–Trinajstić information content (AvgIpc) is 3.12. The zero-order chi connectivity index (χ0) is 28.6. The molecule has 0 saturated heterocycles. The first-order valence-corrected chi connectivity index (χ1v) is 13.7. The van der Waals surface area contributed by atoms with Crippen molar-refractivity contribution in [1.82, 2.24) is 9.88 Å². The fraction of sp³-hybridized carbons (Fsp3) is 0.333. The zero-order valence-corrected chi connectivity index (χ0v) is 23.9. The number of carboxylic acids is 1. The summed E-state index contributed by atoms with van der Waals surface area (Å²) in [6.45, 7) is 10.5. The normalized spacial score (nSPS) is 14.7. The van der Waals surface area contributed by atoms with E-state index in [-0.39, 0.29) is 5.92 Å². The number of fused-ring (bicyclic) bond motifs is 2. The van der Waals surface area contributed by atoms with Crippen molar-refractivity contribution < 1.29 is 14.6 Å². The lowest BCUT2D eigenvalue weighted by atomic mass is 9.69. The Bertz CT molecular complexity index is 1580. The van der Waals surface area contributed by atoms with Gasteiger partial charge >= 0.3 is 5.97 Å². The smallest absolute Gasteiger partial charge is 0.310 e. The third kappa shape index (κ3) is 5.09. The highest BCUT2D eigenvalue weighted by molar-refractivity contribution is 5.81. The molecule has 5 rings (SSSR count). The fourth-order valence-corrected chi connectivity index (χ4v) is 5.81. The third-order valence-corrected chi connectivity index (χ3v) is 8.35. The molecule has 4 N–H and O–H groups in total. The maximum Gasteiger partial charge on any atom is 0.310 e. The lowest BCUT2D eigenvalue weighted by Crippen LogP contribution is -2.33. The van der Waals surface area contributed by atoms with Crippen molar-refractivity contribution in [3.8, 4) is 5.75 Å². The number of nitrogens with two attached hydrogens (primary N) is 1. The van der Waals surface area contributed by atoms with Gasteiger partial charge < -0.3 is 20.9 Å². The third-order valence-electron chi connectivity index (χ3n) is 8.35. The molecule has 1 aromatic heterocycles. The van der Waals surface area contributed by atoms with Crippen LogP contribution in [-0.4, -0.2) is 41.2 Å². The summed E-state index contributed by atoms with van der Waals surface area (Å²) in [5, 5.41) is 14.5. The predicted octanol–water partition coefficient (Wildman–Crippen LogP) is 6.11. The van der Waals surface area contributed by atoms with Gasteiger partial charge in [-0.3, -0.25) is 14.7 Å². The van der Waals surface area contributed by atoms with Gasteiger partial charge in [-0.15, -0.1) is 0 Å². The first-order valence-electron chi connectivity index (χ1n) is 13.7. The number of anilines is 2. The highest BCUT2D eigenvalue weighted by atomic mass is 16.5. The number of carboxylic acid groups (broad SMARTS) is 1. The predicted molar refractivity (Wildman–Crippen MR) is 161 cm³/mol. The molecule has 7 heteroatoms. The van der Waals surface area contributed by atoms with Gasteiger partial charge in [0.1, 0.15) is 12.4 Å². The Hall–Kier alpha value is -4.10. The van der Waals surface area contributed by atoms with Crippen LogP contribution < -0.4 is 15.8 Å². The maximum absolute atomic E-state index is 12.6. The minimum Gasteiger partial charge on any atom is -0.492 e.